The van der Waals surface area contributed by atoms with Gasteiger partial charge in [0.1, 0.15) is 11.6 Å². The predicted octanol–water partition coefficient (Wildman–Crippen LogP) is 4.53. The van der Waals surface area contributed by atoms with Gasteiger partial charge in [-0.3, -0.25) is 9.78 Å². The lowest BCUT2D eigenvalue weighted by Crippen LogP contribution is -2.14. The van der Waals surface area contributed by atoms with Gasteiger partial charge in [0.25, 0.3) is 5.91 Å². The van der Waals surface area contributed by atoms with E-state index in [9.17, 15) is 13.6 Å². The molecule has 1 amide bonds. The van der Waals surface area contributed by atoms with Gasteiger partial charge in [0, 0.05) is 22.1 Å². The van der Waals surface area contributed by atoms with Crippen LogP contribution in [0.5, 0.6) is 0 Å². The maximum absolute atomic E-state index is 13.7. The highest BCUT2D eigenvalue weighted by Gasteiger charge is 2.14. The normalized spacial score (nSPS) is 10.7. The van der Waals surface area contributed by atoms with Crippen molar-refractivity contribution < 1.29 is 13.6 Å². The second-order valence-corrected chi connectivity index (χ2v) is 5.43. The van der Waals surface area contributed by atoms with E-state index in [0.717, 1.165) is 22.0 Å². The smallest absolute Gasteiger partial charge is 0.258 e. The van der Waals surface area contributed by atoms with E-state index in [1.165, 1.54) is 0 Å². The number of fused-ring (bicyclic) bond motifs is 1. The van der Waals surface area contributed by atoms with Gasteiger partial charge in [0.2, 0.25) is 0 Å². The lowest BCUT2D eigenvalue weighted by atomic mass is 10.1. The average molecular weight is 363 g/mol. The average Bonchev–Trinajstić information content (AvgIpc) is 2.50. The molecule has 3 rings (SSSR count). The summed E-state index contributed by atoms with van der Waals surface area (Å²) in [5.74, 6) is -2.30. The van der Waals surface area contributed by atoms with Gasteiger partial charge in [0.15, 0.2) is 0 Å². The number of anilines is 1. The molecule has 0 bridgehead atoms. The van der Waals surface area contributed by atoms with Crippen LogP contribution < -0.4 is 5.32 Å². The summed E-state index contributed by atoms with van der Waals surface area (Å²) in [7, 11) is 0. The fourth-order valence-corrected chi connectivity index (χ4v) is 2.55. The highest BCUT2D eigenvalue weighted by molar-refractivity contribution is 9.10. The number of benzene rings is 2. The van der Waals surface area contributed by atoms with Crippen molar-refractivity contribution in [2.75, 3.05) is 5.32 Å². The molecule has 0 fully saturated rings. The number of hydrogen-bond donors (Lipinski definition) is 1. The molecule has 1 aromatic heterocycles. The molecule has 0 atom stereocenters. The van der Waals surface area contributed by atoms with Crippen LogP contribution in [0.25, 0.3) is 10.9 Å². The summed E-state index contributed by atoms with van der Waals surface area (Å²) in [5, 5.41) is 3.42. The van der Waals surface area contributed by atoms with Crippen LogP contribution in [0.4, 0.5) is 14.5 Å². The Balaban J connectivity index is 2.00. The van der Waals surface area contributed by atoms with Gasteiger partial charge < -0.3 is 5.32 Å². The molecule has 1 heterocycles. The van der Waals surface area contributed by atoms with E-state index in [4.69, 9.17) is 0 Å². The van der Waals surface area contributed by atoms with Crippen molar-refractivity contribution in [3.05, 3.63) is 70.3 Å². The van der Waals surface area contributed by atoms with E-state index in [2.05, 4.69) is 26.2 Å². The number of nitrogens with zero attached hydrogens (tertiary/aromatic N) is 1. The van der Waals surface area contributed by atoms with Gasteiger partial charge >= 0.3 is 0 Å². The summed E-state index contributed by atoms with van der Waals surface area (Å²) in [4.78, 5) is 16.4. The van der Waals surface area contributed by atoms with Gasteiger partial charge in [-0.25, -0.2) is 8.78 Å². The summed E-state index contributed by atoms with van der Waals surface area (Å²) in [5.41, 5.74) is 0.800. The minimum absolute atomic E-state index is 0.228. The zero-order valence-electron chi connectivity index (χ0n) is 11.1. The summed E-state index contributed by atoms with van der Waals surface area (Å²) in [6.45, 7) is 0. The van der Waals surface area contributed by atoms with Crippen molar-refractivity contribution in [1.29, 1.82) is 0 Å². The molecule has 22 heavy (non-hydrogen) atoms. The number of amides is 1. The Kier molecular flexibility index (Phi) is 3.85. The lowest BCUT2D eigenvalue weighted by molar-refractivity contribution is 0.102. The second-order valence-electron chi connectivity index (χ2n) is 4.57. The number of rotatable bonds is 2. The molecule has 110 valence electrons. The second kappa shape index (κ2) is 5.81. The van der Waals surface area contributed by atoms with E-state index in [1.54, 1.807) is 24.4 Å². The zero-order valence-corrected chi connectivity index (χ0v) is 12.7. The van der Waals surface area contributed by atoms with Crippen LogP contribution in [0.15, 0.2) is 53.1 Å². The van der Waals surface area contributed by atoms with Crippen LogP contribution in [0, 0.1) is 11.6 Å². The topological polar surface area (TPSA) is 42.0 Å². The van der Waals surface area contributed by atoms with Gasteiger partial charge in [-0.1, -0.05) is 22.0 Å². The molecule has 1 N–H and O–H groups in total. The molecule has 2 aromatic carbocycles. The fraction of sp³-hybridized carbons (Fsp3) is 0. The Labute approximate surface area is 133 Å². The van der Waals surface area contributed by atoms with Crippen LogP contribution in [0.2, 0.25) is 0 Å². The monoisotopic (exact) mass is 362 g/mol. The van der Waals surface area contributed by atoms with Crippen LogP contribution in [-0.2, 0) is 0 Å². The molecule has 0 radical (unpaired) electrons. The largest absolute Gasteiger partial charge is 0.320 e. The quantitative estimate of drug-likeness (QED) is 0.727. The maximum atomic E-state index is 13.7. The molecule has 0 aliphatic carbocycles. The van der Waals surface area contributed by atoms with E-state index >= 15 is 0 Å². The summed E-state index contributed by atoms with van der Waals surface area (Å²) >= 11 is 3.41. The van der Waals surface area contributed by atoms with Crippen LogP contribution in [0.1, 0.15) is 10.4 Å². The maximum Gasteiger partial charge on any atom is 0.258 e. The molecule has 0 saturated carbocycles. The van der Waals surface area contributed by atoms with Crippen molar-refractivity contribution in [1.82, 2.24) is 4.98 Å². The first-order valence-electron chi connectivity index (χ1n) is 6.36. The van der Waals surface area contributed by atoms with Crippen molar-refractivity contribution in [3.63, 3.8) is 0 Å². The molecule has 6 heteroatoms. The summed E-state index contributed by atoms with van der Waals surface area (Å²) in [6, 6.07) is 9.87. The highest BCUT2D eigenvalue weighted by Crippen LogP contribution is 2.28. The van der Waals surface area contributed by atoms with Gasteiger partial charge in [0.05, 0.1) is 16.8 Å². The van der Waals surface area contributed by atoms with Gasteiger partial charge in [-0.05, 0) is 30.3 Å². The lowest BCUT2D eigenvalue weighted by Gasteiger charge is -2.09. The fourth-order valence-electron chi connectivity index (χ4n) is 2.10. The van der Waals surface area contributed by atoms with Crippen LogP contribution in [0.3, 0.4) is 0 Å². The Hall–Kier alpha value is -2.34. The number of carbonyl (C=O) groups excluding carboxylic acids is 1. The van der Waals surface area contributed by atoms with Crippen molar-refractivity contribution in [2.45, 2.75) is 0 Å². The Morgan fingerprint density at radius 1 is 1.14 bits per heavy atom. The molecular weight excluding hydrogens is 354 g/mol. The molecule has 3 nitrogen and oxygen atoms in total. The van der Waals surface area contributed by atoms with E-state index in [1.807, 2.05) is 6.07 Å². The molecule has 0 spiro atoms. The number of halogens is 3. The van der Waals surface area contributed by atoms with E-state index in [0.29, 0.717) is 17.3 Å². The van der Waals surface area contributed by atoms with Crippen LogP contribution >= 0.6 is 15.9 Å². The van der Waals surface area contributed by atoms with E-state index < -0.39 is 17.5 Å². The number of aromatic nitrogens is 1. The Morgan fingerprint density at radius 2 is 1.95 bits per heavy atom. The third-order valence-electron chi connectivity index (χ3n) is 3.14. The first-order chi connectivity index (χ1) is 10.6. The number of carbonyl (C=O) groups is 1. The SMILES string of the molecule is O=C(Nc1ccc(Br)c2cccnc12)c1ccc(F)cc1F. The minimum atomic E-state index is -0.910. The van der Waals surface area contributed by atoms with Crippen molar-refractivity contribution >= 4 is 38.4 Å². The highest BCUT2D eigenvalue weighted by atomic mass is 79.9. The van der Waals surface area contributed by atoms with Crippen molar-refractivity contribution in [2.24, 2.45) is 0 Å². The predicted molar refractivity (Wildman–Crippen MR) is 83.8 cm³/mol. The molecule has 0 saturated heterocycles. The Morgan fingerprint density at radius 3 is 2.73 bits per heavy atom. The minimum Gasteiger partial charge on any atom is -0.320 e. The number of pyridine rings is 1. The standard InChI is InChI=1S/C16H9BrF2N2O/c17-12-5-6-14(15-10(12)2-1-7-20-15)21-16(22)11-4-3-9(18)8-13(11)19/h1-8H,(H,21,22). The van der Waals surface area contributed by atoms with Crippen molar-refractivity contribution in [3.8, 4) is 0 Å². The third kappa shape index (κ3) is 2.69. The van der Waals surface area contributed by atoms with Gasteiger partial charge in [-0.15, -0.1) is 0 Å². The number of nitrogens with one attached hydrogen (secondary N) is 1. The zero-order chi connectivity index (χ0) is 15.7. The van der Waals surface area contributed by atoms with Crippen LogP contribution in [-0.4, -0.2) is 10.9 Å². The Bertz CT molecular complexity index is 883. The molecular formula is C16H9BrF2N2O. The molecule has 0 unspecified atom stereocenters. The van der Waals surface area contributed by atoms with Gasteiger partial charge in [-0.2, -0.15) is 0 Å². The third-order valence-corrected chi connectivity index (χ3v) is 3.83. The molecule has 3 aromatic rings. The summed E-state index contributed by atoms with van der Waals surface area (Å²) < 4.78 is 27.4. The molecule has 0 aliphatic heterocycles. The first-order valence-corrected chi connectivity index (χ1v) is 7.15. The summed E-state index contributed by atoms with van der Waals surface area (Å²) in [6.07, 6.45) is 1.60. The van der Waals surface area contributed by atoms with E-state index in [-0.39, 0.29) is 5.56 Å². The number of hydrogen-bond acceptors (Lipinski definition) is 2. The first kappa shape index (κ1) is 14.6. The molecule has 0 aliphatic rings.